The Morgan fingerprint density at radius 2 is 2.12 bits per heavy atom. The van der Waals surface area contributed by atoms with E-state index in [1.807, 2.05) is 25.4 Å². The third-order valence-electron chi connectivity index (χ3n) is 3.45. The highest BCUT2D eigenvalue weighted by molar-refractivity contribution is 7.94. The minimum Gasteiger partial charge on any atom is -0.384 e. The fraction of sp³-hybridized carbons (Fsp3) is 0.533. The lowest BCUT2D eigenvalue weighted by molar-refractivity contribution is -0.160. The summed E-state index contributed by atoms with van der Waals surface area (Å²) in [4.78, 5) is 20.0. The van der Waals surface area contributed by atoms with Crippen molar-refractivity contribution in [2.75, 3.05) is 32.3 Å². The van der Waals surface area contributed by atoms with Gasteiger partial charge in [0, 0.05) is 42.4 Å². The van der Waals surface area contributed by atoms with Gasteiger partial charge in [-0.3, -0.25) is 0 Å². The van der Waals surface area contributed by atoms with Crippen molar-refractivity contribution in [3.05, 3.63) is 23.3 Å². The van der Waals surface area contributed by atoms with Gasteiger partial charge in [-0.15, -0.1) is 11.3 Å². The van der Waals surface area contributed by atoms with Gasteiger partial charge in [-0.25, -0.2) is 19.8 Å². The summed E-state index contributed by atoms with van der Waals surface area (Å²) in [5, 5.41) is 3.35. The highest BCUT2D eigenvalue weighted by atomic mass is 32.2. The first-order chi connectivity index (χ1) is 11.7. The van der Waals surface area contributed by atoms with Crippen LogP contribution in [-0.4, -0.2) is 42.3 Å². The van der Waals surface area contributed by atoms with Gasteiger partial charge in [-0.1, -0.05) is 20.8 Å². The quantitative estimate of drug-likeness (QED) is 0.331. The summed E-state index contributed by atoms with van der Waals surface area (Å²) >= 11 is 2.56. The minimum absolute atomic E-state index is 0.180. The predicted octanol–water partition coefficient (Wildman–Crippen LogP) is 3.60. The molecule has 2 aromatic rings. The second-order valence-electron chi connectivity index (χ2n) is 5.10. The zero-order valence-electron chi connectivity index (χ0n) is 14.5. The molecular formula is C15H22N4O3S2. The van der Waals surface area contributed by atoms with Gasteiger partial charge in [-0.05, 0) is 0 Å². The van der Waals surface area contributed by atoms with Crippen molar-refractivity contribution in [1.82, 2.24) is 15.0 Å². The van der Waals surface area contributed by atoms with Crippen LogP contribution >= 0.6 is 23.4 Å². The van der Waals surface area contributed by atoms with Crippen LogP contribution in [0.15, 0.2) is 22.9 Å². The number of nitrogens with zero attached hydrogens (tertiary/aromatic N) is 4. The number of ether oxygens (including phenoxy) is 1. The molecule has 7 nitrogen and oxygen atoms in total. The molecular weight excluding hydrogens is 348 g/mol. The van der Waals surface area contributed by atoms with Crippen molar-refractivity contribution < 1.29 is 14.0 Å². The Morgan fingerprint density at radius 1 is 1.33 bits per heavy atom. The maximum atomic E-state index is 5.40. The fourth-order valence-corrected chi connectivity index (χ4v) is 3.54. The normalized spacial score (nSPS) is 19.0. The molecule has 0 fully saturated rings. The first-order valence-corrected chi connectivity index (χ1v) is 9.21. The van der Waals surface area contributed by atoms with E-state index in [0.717, 1.165) is 35.1 Å². The Morgan fingerprint density at radius 3 is 2.75 bits per heavy atom. The van der Waals surface area contributed by atoms with E-state index in [2.05, 4.69) is 31.7 Å². The van der Waals surface area contributed by atoms with Crippen LogP contribution in [0.4, 0.5) is 10.9 Å². The molecule has 0 aliphatic carbocycles. The summed E-state index contributed by atoms with van der Waals surface area (Å²) in [5.74, 6) is 0.840. The molecule has 0 aromatic carbocycles. The molecule has 3 rings (SSSR count). The Labute approximate surface area is 150 Å². The van der Waals surface area contributed by atoms with Crippen molar-refractivity contribution in [2.24, 2.45) is 0 Å². The molecule has 2 aromatic heterocycles. The average molecular weight is 371 g/mol. The van der Waals surface area contributed by atoms with Crippen LogP contribution < -0.4 is 4.90 Å². The van der Waals surface area contributed by atoms with Crippen LogP contribution in [0.1, 0.15) is 26.3 Å². The van der Waals surface area contributed by atoms with E-state index in [1.54, 1.807) is 24.6 Å². The van der Waals surface area contributed by atoms with E-state index in [-0.39, 0.29) is 5.41 Å². The van der Waals surface area contributed by atoms with Gasteiger partial charge >= 0.3 is 0 Å². The second-order valence-corrected chi connectivity index (χ2v) is 6.64. The van der Waals surface area contributed by atoms with Crippen LogP contribution in [0.3, 0.4) is 0 Å². The molecule has 3 heterocycles. The van der Waals surface area contributed by atoms with Crippen molar-refractivity contribution in [1.29, 1.82) is 0 Å². The van der Waals surface area contributed by atoms with Crippen molar-refractivity contribution in [3.8, 4) is 0 Å². The number of hydrogen-bond donors (Lipinski definition) is 0. The summed E-state index contributed by atoms with van der Waals surface area (Å²) in [5.41, 5.74) is 0.868. The first kappa shape index (κ1) is 19.1. The molecule has 132 valence electrons. The topological polar surface area (TPSA) is 69.6 Å². The van der Waals surface area contributed by atoms with Crippen LogP contribution in [0, 0.1) is 0 Å². The molecule has 24 heavy (non-hydrogen) atoms. The molecule has 1 atom stereocenters. The molecule has 1 aliphatic heterocycles. The number of rotatable bonds is 6. The third-order valence-corrected chi connectivity index (χ3v) is 4.79. The maximum absolute atomic E-state index is 5.40. The summed E-state index contributed by atoms with van der Waals surface area (Å²) in [6, 6.07) is 0. The highest BCUT2D eigenvalue weighted by Gasteiger charge is 2.42. The van der Waals surface area contributed by atoms with Crippen molar-refractivity contribution in [2.45, 2.75) is 31.3 Å². The van der Waals surface area contributed by atoms with E-state index in [4.69, 9.17) is 9.07 Å². The Kier molecular flexibility index (Phi) is 6.93. The molecule has 0 N–H and O–H groups in total. The second kappa shape index (κ2) is 8.72. The Bertz CT molecular complexity index is 642. The number of methoxy groups -OCH3 is 1. The van der Waals surface area contributed by atoms with Gasteiger partial charge in [0.05, 0.1) is 13.7 Å². The van der Waals surface area contributed by atoms with Crippen LogP contribution in [0.2, 0.25) is 0 Å². The van der Waals surface area contributed by atoms with Gasteiger partial charge in [0.2, 0.25) is 5.16 Å². The molecule has 0 spiro atoms. The van der Waals surface area contributed by atoms with E-state index in [9.17, 15) is 0 Å². The van der Waals surface area contributed by atoms with Crippen LogP contribution in [0.25, 0.3) is 0 Å². The molecule has 0 radical (unpaired) electrons. The molecule has 0 saturated carbocycles. The Balaban J connectivity index is 0.00000100. The molecule has 1 aliphatic rings. The van der Waals surface area contributed by atoms with Crippen molar-refractivity contribution >= 4 is 34.3 Å². The smallest absolute Gasteiger partial charge is 0.220 e. The van der Waals surface area contributed by atoms with Gasteiger partial charge in [-0.2, -0.15) is 4.33 Å². The number of fused-ring (bicyclic) bond motifs is 1. The third kappa shape index (κ3) is 3.86. The number of aromatic nitrogens is 3. The summed E-state index contributed by atoms with van der Waals surface area (Å²) in [6.45, 7) is 7.48. The van der Waals surface area contributed by atoms with Crippen LogP contribution in [0.5, 0.6) is 0 Å². The van der Waals surface area contributed by atoms with E-state index in [1.165, 1.54) is 7.11 Å². The standard InChI is InChI=1S/C13H16N4O3S2.C2H6/c1-13(8-18-2)7-17(12-14-4-5-21-12)10-9(13)6-15-11(16-10)22-20-19-3;1-2/h4-6H,7-8H2,1-3H3;1-2H3. The monoisotopic (exact) mass is 370 g/mol. The van der Waals surface area contributed by atoms with Crippen molar-refractivity contribution in [3.63, 3.8) is 0 Å². The summed E-state index contributed by atoms with van der Waals surface area (Å²) in [7, 11) is 3.15. The van der Waals surface area contributed by atoms with Gasteiger partial charge in [0.1, 0.15) is 17.9 Å². The molecule has 0 saturated heterocycles. The minimum atomic E-state index is -0.180. The lowest BCUT2D eigenvalue weighted by Crippen LogP contribution is -2.32. The first-order valence-electron chi connectivity index (χ1n) is 7.59. The summed E-state index contributed by atoms with van der Waals surface area (Å²) in [6.07, 6.45) is 3.62. The van der Waals surface area contributed by atoms with E-state index < -0.39 is 0 Å². The van der Waals surface area contributed by atoms with Gasteiger partial charge in [0.15, 0.2) is 5.13 Å². The fourth-order valence-electron chi connectivity index (χ4n) is 2.55. The number of hydrogen-bond acceptors (Lipinski definition) is 9. The lowest BCUT2D eigenvalue weighted by atomic mass is 9.87. The maximum Gasteiger partial charge on any atom is 0.220 e. The Hall–Kier alpha value is -1.26. The SMILES string of the molecule is CC.COCC1(C)CN(c2nccs2)c2nc(SOOC)ncc21. The van der Waals surface area contributed by atoms with E-state index in [0.29, 0.717) is 11.8 Å². The van der Waals surface area contributed by atoms with E-state index >= 15 is 0 Å². The number of anilines is 2. The van der Waals surface area contributed by atoms with Gasteiger partial charge < -0.3 is 9.64 Å². The summed E-state index contributed by atoms with van der Waals surface area (Å²) < 4.78 is 10.2. The number of thiazole rings is 1. The molecule has 0 amide bonds. The largest absolute Gasteiger partial charge is 0.384 e. The molecule has 0 bridgehead atoms. The molecule has 9 heteroatoms. The zero-order valence-corrected chi connectivity index (χ0v) is 16.1. The predicted molar refractivity (Wildman–Crippen MR) is 95.7 cm³/mol. The average Bonchev–Trinajstić information content (AvgIpc) is 3.22. The molecule has 1 unspecified atom stereocenters. The lowest BCUT2D eigenvalue weighted by Gasteiger charge is -2.23. The highest BCUT2D eigenvalue weighted by Crippen LogP contribution is 2.44. The zero-order chi connectivity index (χ0) is 17.6. The van der Waals surface area contributed by atoms with Crippen LogP contribution in [-0.2, 0) is 19.4 Å². The van der Waals surface area contributed by atoms with Gasteiger partial charge in [0.25, 0.3) is 0 Å².